The van der Waals surface area contributed by atoms with E-state index in [0.29, 0.717) is 18.9 Å². The monoisotopic (exact) mass is 334 g/mol. The van der Waals surface area contributed by atoms with Crippen molar-refractivity contribution in [1.29, 1.82) is 0 Å². The first-order valence-electron chi connectivity index (χ1n) is 7.53. The summed E-state index contributed by atoms with van der Waals surface area (Å²) >= 11 is 1.41. The van der Waals surface area contributed by atoms with E-state index in [4.69, 9.17) is 4.74 Å². The standard InChI is InChI=1S/C16H22N4O2S/c1-13-18-19-16(20(13)9-6-10-22-2)23-12-15(21)17-11-14-7-4-3-5-8-14/h3-5,7-8H,6,9-12H2,1-2H3,(H,17,21). The largest absolute Gasteiger partial charge is 0.385 e. The molecule has 0 radical (unpaired) electrons. The lowest BCUT2D eigenvalue weighted by atomic mass is 10.2. The first kappa shape index (κ1) is 17.5. The molecule has 0 spiro atoms. The van der Waals surface area contributed by atoms with Crippen LogP contribution >= 0.6 is 11.8 Å². The first-order valence-corrected chi connectivity index (χ1v) is 8.51. The highest BCUT2D eigenvalue weighted by molar-refractivity contribution is 7.99. The summed E-state index contributed by atoms with van der Waals surface area (Å²) in [5.41, 5.74) is 1.09. The fraction of sp³-hybridized carbons (Fsp3) is 0.438. The van der Waals surface area contributed by atoms with Gasteiger partial charge in [0.2, 0.25) is 5.91 Å². The number of amides is 1. The molecule has 2 rings (SSSR count). The van der Waals surface area contributed by atoms with Gasteiger partial charge in [0.15, 0.2) is 5.16 Å². The third kappa shape index (κ3) is 5.69. The van der Waals surface area contributed by atoms with Crippen molar-refractivity contribution < 1.29 is 9.53 Å². The molecule has 0 aliphatic heterocycles. The molecule has 1 aromatic carbocycles. The van der Waals surface area contributed by atoms with Crippen molar-refractivity contribution in [2.75, 3.05) is 19.5 Å². The SMILES string of the molecule is COCCCn1c(C)nnc1SCC(=O)NCc1ccccc1. The van der Waals surface area contributed by atoms with Crippen molar-refractivity contribution in [2.24, 2.45) is 0 Å². The molecule has 0 fully saturated rings. The van der Waals surface area contributed by atoms with Crippen molar-refractivity contribution in [2.45, 2.75) is 31.6 Å². The molecule has 1 aromatic heterocycles. The smallest absolute Gasteiger partial charge is 0.230 e. The highest BCUT2D eigenvalue weighted by Gasteiger charge is 2.11. The molecule has 23 heavy (non-hydrogen) atoms. The first-order chi connectivity index (χ1) is 11.2. The molecule has 0 atom stereocenters. The van der Waals surface area contributed by atoms with Gasteiger partial charge in [0.1, 0.15) is 5.82 Å². The normalized spacial score (nSPS) is 10.7. The summed E-state index contributed by atoms with van der Waals surface area (Å²) in [6.45, 7) is 3.94. The summed E-state index contributed by atoms with van der Waals surface area (Å²) in [6, 6.07) is 9.86. The Morgan fingerprint density at radius 3 is 2.83 bits per heavy atom. The number of methoxy groups -OCH3 is 1. The minimum Gasteiger partial charge on any atom is -0.385 e. The Bertz CT molecular complexity index is 616. The molecule has 1 amide bonds. The zero-order valence-electron chi connectivity index (χ0n) is 13.5. The topological polar surface area (TPSA) is 69.0 Å². The van der Waals surface area contributed by atoms with Crippen LogP contribution in [0.3, 0.4) is 0 Å². The third-order valence-corrected chi connectivity index (χ3v) is 4.26. The number of thioether (sulfide) groups is 1. The third-order valence-electron chi connectivity index (χ3n) is 3.30. The highest BCUT2D eigenvalue weighted by atomic mass is 32.2. The molecule has 0 aliphatic carbocycles. The average molecular weight is 334 g/mol. The molecule has 0 aliphatic rings. The van der Waals surface area contributed by atoms with Gasteiger partial charge in [-0.05, 0) is 18.9 Å². The Hall–Kier alpha value is -1.86. The molecule has 0 bridgehead atoms. The van der Waals surface area contributed by atoms with Crippen molar-refractivity contribution in [1.82, 2.24) is 20.1 Å². The van der Waals surface area contributed by atoms with Crippen LogP contribution < -0.4 is 5.32 Å². The number of rotatable bonds is 9. The maximum atomic E-state index is 12.0. The molecule has 7 heteroatoms. The summed E-state index contributed by atoms with van der Waals surface area (Å²) in [4.78, 5) is 12.0. The van der Waals surface area contributed by atoms with Gasteiger partial charge in [0.05, 0.1) is 5.75 Å². The number of aryl methyl sites for hydroxylation is 1. The van der Waals surface area contributed by atoms with Crippen LogP contribution in [0.25, 0.3) is 0 Å². The number of nitrogens with zero attached hydrogens (tertiary/aromatic N) is 3. The maximum absolute atomic E-state index is 12.0. The molecule has 6 nitrogen and oxygen atoms in total. The number of hydrogen-bond donors (Lipinski definition) is 1. The van der Waals surface area contributed by atoms with Gasteiger partial charge in [-0.3, -0.25) is 4.79 Å². The van der Waals surface area contributed by atoms with Crippen LogP contribution in [-0.2, 0) is 22.6 Å². The lowest BCUT2D eigenvalue weighted by Gasteiger charge is -2.08. The summed E-state index contributed by atoms with van der Waals surface area (Å²) in [7, 11) is 1.69. The Kier molecular flexibility index (Phi) is 7.09. The van der Waals surface area contributed by atoms with Gasteiger partial charge in [0, 0.05) is 26.8 Å². The van der Waals surface area contributed by atoms with Gasteiger partial charge in [-0.15, -0.1) is 10.2 Å². The van der Waals surface area contributed by atoms with Crippen molar-refractivity contribution in [3.05, 3.63) is 41.7 Å². The van der Waals surface area contributed by atoms with Gasteiger partial charge in [-0.2, -0.15) is 0 Å². The average Bonchev–Trinajstić information content (AvgIpc) is 2.92. The molecular weight excluding hydrogens is 312 g/mol. The van der Waals surface area contributed by atoms with Crippen LogP contribution in [0, 0.1) is 6.92 Å². The predicted octanol–water partition coefficient (Wildman–Crippen LogP) is 2.03. The van der Waals surface area contributed by atoms with E-state index in [1.807, 2.05) is 41.8 Å². The maximum Gasteiger partial charge on any atom is 0.230 e. The highest BCUT2D eigenvalue weighted by Crippen LogP contribution is 2.17. The van der Waals surface area contributed by atoms with Gasteiger partial charge in [-0.1, -0.05) is 42.1 Å². The van der Waals surface area contributed by atoms with E-state index >= 15 is 0 Å². The number of hydrogen-bond acceptors (Lipinski definition) is 5. The van der Waals surface area contributed by atoms with Crippen LogP contribution in [0.1, 0.15) is 17.8 Å². The zero-order valence-corrected chi connectivity index (χ0v) is 14.3. The summed E-state index contributed by atoms with van der Waals surface area (Å²) in [5.74, 6) is 1.17. The summed E-state index contributed by atoms with van der Waals surface area (Å²) in [6.07, 6.45) is 0.892. The van der Waals surface area contributed by atoms with E-state index in [1.54, 1.807) is 7.11 Å². The Balaban J connectivity index is 1.79. The predicted molar refractivity (Wildman–Crippen MR) is 90.3 cm³/mol. The molecule has 1 heterocycles. The lowest BCUT2D eigenvalue weighted by Crippen LogP contribution is -2.24. The fourth-order valence-electron chi connectivity index (χ4n) is 2.07. The fourth-order valence-corrected chi connectivity index (χ4v) is 2.91. The van der Waals surface area contributed by atoms with Crippen LogP contribution in [0.5, 0.6) is 0 Å². The van der Waals surface area contributed by atoms with Gasteiger partial charge < -0.3 is 14.6 Å². The van der Waals surface area contributed by atoms with Crippen LogP contribution in [0.4, 0.5) is 0 Å². The second-order valence-electron chi connectivity index (χ2n) is 5.08. The number of benzene rings is 1. The van der Waals surface area contributed by atoms with E-state index in [2.05, 4.69) is 15.5 Å². The van der Waals surface area contributed by atoms with Crippen LogP contribution in [0.2, 0.25) is 0 Å². The van der Waals surface area contributed by atoms with Crippen molar-refractivity contribution >= 4 is 17.7 Å². The van der Waals surface area contributed by atoms with Gasteiger partial charge in [0.25, 0.3) is 0 Å². The summed E-state index contributed by atoms with van der Waals surface area (Å²) < 4.78 is 7.09. The molecule has 1 N–H and O–H groups in total. The van der Waals surface area contributed by atoms with E-state index < -0.39 is 0 Å². The minimum atomic E-state index is -0.0112. The second-order valence-corrected chi connectivity index (χ2v) is 6.02. The zero-order chi connectivity index (χ0) is 16.5. The van der Waals surface area contributed by atoms with Crippen molar-refractivity contribution in [3.63, 3.8) is 0 Å². The molecule has 124 valence electrons. The Morgan fingerprint density at radius 1 is 1.30 bits per heavy atom. The number of aromatic nitrogens is 3. The Labute approximate surface area is 140 Å². The van der Waals surface area contributed by atoms with Crippen LogP contribution in [0.15, 0.2) is 35.5 Å². The number of ether oxygens (including phenoxy) is 1. The summed E-state index contributed by atoms with van der Waals surface area (Å²) in [5, 5.41) is 11.9. The lowest BCUT2D eigenvalue weighted by molar-refractivity contribution is -0.118. The molecule has 2 aromatic rings. The number of nitrogens with one attached hydrogen (secondary N) is 1. The molecule has 0 saturated heterocycles. The van der Waals surface area contributed by atoms with Gasteiger partial charge >= 0.3 is 0 Å². The second kappa shape index (κ2) is 9.32. The van der Waals surface area contributed by atoms with Gasteiger partial charge in [-0.25, -0.2) is 0 Å². The number of carbonyl (C=O) groups excluding carboxylic acids is 1. The minimum absolute atomic E-state index is 0.0112. The Morgan fingerprint density at radius 2 is 2.09 bits per heavy atom. The van der Waals surface area contributed by atoms with E-state index in [-0.39, 0.29) is 5.91 Å². The molecule has 0 unspecified atom stereocenters. The van der Waals surface area contributed by atoms with Crippen LogP contribution in [-0.4, -0.2) is 40.1 Å². The van der Waals surface area contributed by atoms with E-state index in [9.17, 15) is 4.79 Å². The molecular formula is C16H22N4O2S. The quantitative estimate of drug-likeness (QED) is 0.561. The van der Waals surface area contributed by atoms with Crippen molar-refractivity contribution in [3.8, 4) is 0 Å². The number of carbonyl (C=O) groups is 1. The van der Waals surface area contributed by atoms with E-state index in [1.165, 1.54) is 11.8 Å². The van der Waals surface area contributed by atoms with E-state index in [0.717, 1.165) is 29.5 Å². The molecule has 0 saturated carbocycles.